The van der Waals surface area contributed by atoms with Gasteiger partial charge in [-0.2, -0.15) is 5.10 Å². The second kappa shape index (κ2) is 4.70. The van der Waals surface area contributed by atoms with Gasteiger partial charge in [0.25, 0.3) is 0 Å². The Bertz CT molecular complexity index is 602. The zero-order valence-electron chi connectivity index (χ0n) is 11.0. The van der Waals surface area contributed by atoms with E-state index < -0.39 is 17.2 Å². The smallest absolute Gasteiger partial charge is 0.170 e. The molecule has 0 saturated heterocycles. The summed E-state index contributed by atoms with van der Waals surface area (Å²) in [4.78, 5) is 3.94. The Morgan fingerprint density at radius 2 is 1.95 bits per heavy atom. The molecule has 102 valence electrons. The number of halogens is 2. The Morgan fingerprint density at radius 1 is 1.26 bits per heavy atom. The summed E-state index contributed by atoms with van der Waals surface area (Å²) in [5.41, 5.74) is -0.762. The first-order valence-corrected chi connectivity index (χ1v) is 5.85. The largest absolute Gasteiger partial charge is 0.389 e. The summed E-state index contributed by atoms with van der Waals surface area (Å²) in [6.45, 7) is 4.83. The van der Waals surface area contributed by atoms with Crippen molar-refractivity contribution in [2.45, 2.75) is 32.9 Å². The van der Waals surface area contributed by atoms with E-state index in [-0.39, 0.29) is 23.5 Å². The van der Waals surface area contributed by atoms with Gasteiger partial charge in [0.2, 0.25) is 0 Å². The minimum atomic E-state index is -1.03. The van der Waals surface area contributed by atoms with E-state index in [1.54, 1.807) is 13.8 Å². The fourth-order valence-electron chi connectivity index (χ4n) is 1.77. The van der Waals surface area contributed by atoms with Gasteiger partial charge in [-0.3, -0.25) is 0 Å². The Labute approximate surface area is 109 Å². The van der Waals surface area contributed by atoms with E-state index in [2.05, 4.69) is 10.1 Å². The van der Waals surface area contributed by atoms with Crippen molar-refractivity contribution in [3.05, 3.63) is 35.7 Å². The lowest BCUT2D eigenvalue weighted by Crippen LogP contribution is -2.27. The average Bonchev–Trinajstić information content (AvgIpc) is 2.72. The van der Waals surface area contributed by atoms with Gasteiger partial charge in [0.05, 0.1) is 17.7 Å². The minimum absolute atomic E-state index is 0.0323. The highest BCUT2D eigenvalue weighted by atomic mass is 19.2. The van der Waals surface area contributed by atoms with Crippen LogP contribution in [0.1, 0.15) is 19.4 Å². The monoisotopic (exact) mass is 267 g/mol. The van der Waals surface area contributed by atoms with Crippen LogP contribution in [0, 0.1) is 18.6 Å². The first-order valence-electron chi connectivity index (χ1n) is 5.85. The van der Waals surface area contributed by atoms with Gasteiger partial charge in [0.1, 0.15) is 6.33 Å². The van der Waals surface area contributed by atoms with Crippen LogP contribution in [0.5, 0.6) is 0 Å². The Morgan fingerprint density at radius 3 is 2.58 bits per heavy atom. The molecule has 6 heteroatoms. The summed E-state index contributed by atoms with van der Waals surface area (Å²) in [6, 6.07) is 2.94. The van der Waals surface area contributed by atoms with Crippen molar-refractivity contribution in [2.24, 2.45) is 0 Å². The van der Waals surface area contributed by atoms with E-state index in [1.807, 2.05) is 0 Å². The molecule has 0 fully saturated rings. The predicted molar refractivity (Wildman–Crippen MR) is 66.4 cm³/mol. The van der Waals surface area contributed by atoms with Gasteiger partial charge < -0.3 is 5.11 Å². The molecule has 0 aliphatic rings. The summed E-state index contributed by atoms with van der Waals surface area (Å²) >= 11 is 0. The molecule has 1 N–H and O–H groups in total. The van der Waals surface area contributed by atoms with Crippen LogP contribution in [0.25, 0.3) is 11.4 Å². The third kappa shape index (κ3) is 2.78. The molecule has 0 aliphatic heterocycles. The zero-order valence-corrected chi connectivity index (χ0v) is 11.0. The van der Waals surface area contributed by atoms with Crippen LogP contribution in [0.3, 0.4) is 0 Å². The first-order chi connectivity index (χ1) is 8.79. The molecule has 4 nitrogen and oxygen atoms in total. The van der Waals surface area contributed by atoms with Gasteiger partial charge in [0, 0.05) is 0 Å². The van der Waals surface area contributed by atoms with E-state index in [0.29, 0.717) is 0 Å². The highest BCUT2D eigenvalue weighted by Gasteiger charge is 2.21. The number of hydrogen-bond acceptors (Lipinski definition) is 3. The second-order valence-corrected chi connectivity index (χ2v) is 5.11. The Balaban J connectivity index is 2.49. The van der Waals surface area contributed by atoms with Gasteiger partial charge >= 0.3 is 0 Å². The van der Waals surface area contributed by atoms with Crippen LogP contribution in [-0.2, 0) is 6.54 Å². The molecule has 0 atom stereocenters. The van der Waals surface area contributed by atoms with Crippen LogP contribution in [-0.4, -0.2) is 25.5 Å². The SMILES string of the molecule is Cc1ccc(-c2ncnn2CC(C)(C)O)c(F)c1F. The quantitative estimate of drug-likeness (QED) is 0.928. The van der Waals surface area contributed by atoms with Gasteiger partial charge in [0.15, 0.2) is 17.5 Å². The van der Waals surface area contributed by atoms with Crippen LogP contribution in [0.2, 0.25) is 0 Å². The normalized spacial score (nSPS) is 11.9. The fourth-order valence-corrected chi connectivity index (χ4v) is 1.77. The molecule has 0 aliphatic carbocycles. The molecule has 0 unspecified atom stereocenters. The summed E-state index contributed by atoms with van der Waals surface area (Å²) in [5, 5.41) is 13.7. The van der Waals surface area contributed by atoms with Crippen molar-refractivity contribution >= 4 is 0 Å². The molecular formula is C13H15F2N3O. The van der Waals surface area contributed by atoms with E-state index >= 15 is 0 Å². The first kappa shape index (κ1) is 13.6. The standard InChI is InChI=1S/C13H15F2N3O/c1-8-4-5-9(11(15)10(8)14)12-16-7-17-18(12)6-13(2,3)19/h4-5,7,19H,6H2,1-3H3. The molecule has 2 rings (SSSR count). The van der Waals surface area contributed by atoms with Crippen molar-refractivity contribution in [3.8, 4) is 11.4 Å². The van der Waals surface area contributed by atoms with Gasteiger partial charge in [-0.25, -0.2) is 18.4 Å². The van der Waals surface area contributed by atoms with Gasteiger partial charge in [-0.05, 0) is 32.4 Å². The summed E-state index contributed by atoms with van der Waals surface area (Å²) in [5.74, 6) is -1.65. The van der Waals surface area contributed by atoms with Crippen molar-refractivity contribution in [2.75, 3.05) is 0 Å². The molecular weight excluding hydrogens is 252 g/mol. The molecule has 0 saturated carbocycles. The highest BCUT2D eigenvalue weighted by molar-refractivity contribution is 5.56. The van der Waals surface area contributed by atoms with E-state index in [4.69, 9.17) is 0 Å². The van der Waals surface area contributed by atoms with Crippen LogP contribution in [0.15, 0.2) is 18.5 Å². The molecule has 0 amide bonds. The van der Waals surface area contributed by atoms with Crippen LogP contribution >= 0.6 is 0 Å². The van der Waals surface area contributed by atoms with Gasteiger partial charge in [-0.1, -0.05) is 6.07 Å². The average molecular weight is 267 g/mol. The Kier molecular flexibility index (Phi) is 3.36. The van der Waals surface area contributed by atoms with Gasteiger partial charge in [-0.15, -0.1) is 0 Å². The van der Waals surface area contributed by atoms with E-state index in [1.165, 1.54) is 30.1 Å². The number of rotatable bonds is 3. The molecule has 0 bridgehead atoms. The topological polar surface area (TPSA) is 50.9 Å². The maximum Gasteiger partial charge on any atom is 0.170 e. The lowest BCUT2D eigenvalue weighted by molar-refractivity contribution is 0.0581. The lowest BCUT2D eigenvalue weighted by Gasteiger charge is -2.18. The molecule has 2 aromatic rings. The molecule has 1 aromatic heterocycles. The van der Waals surface area contributed by atoms with E-state index in [9.17, 15) is 13.9 Å². The molecule has 0 spiro atoms. The number of hydrogen-bond donors (Lipinski definition) is 1. The number of aryl methyl sites for hydroxylation is 1. The number of aromatic nitrogens is 3. The maximum atomic E-state index is 13.9. The van der Waals surface area contributed by atoms with Crippen molar-refractivity contribution in [1.82, 2.24) is 14.8 Å². The molecule has 0 radical (unpaired) electrons. The molecule has 1 aromatic carbocycles. The predicted octanol–water partition coefficient (Wildman–Crippen LogP) is 2.30. The fraction of sp³-hybridized carbons (Fsp3) is 0.385. The molecule has 1 heterocycles. The minimum Gasteiger partial charge on any atom is -0.389 e. The van der Waals surface area contributed by atoms with Crippen molar-refractivity contribution in [3.63, 3.8) is 0 Å². The number of aliphatic hydroxyl groups is 1. The van der Waals surface area contributed by atoms with Crippen molar-refractivity contribution < 1.29 is 13.9 Å². The summed E-state index contributed by atoms with van der Waals surface area (Å²) in [6.07, 6.45) is 1.25. The lowest BCUT2D eigenvalue weighted by atomic mass is 10.1. The number of nitrogens with zero attached hydrogens (tertiary/aromatic N) is 3. The van der Waals surface area contributed by atoms with Crippen molar-refractivity contribution in [1.29, 1.82) is 0 Å². The van der Waals surface area contributed by atoms with Crippen LogP contribution in [0.4, 0.5) is 8.78 Å². The second-order valence-electron chi connectivity index (χ2n) is 5.11. The Hall–Kier alpha value is -1.82. The summed E-state index contributed by atoms with van der Waals surface area (Å²) < 4.78 is 28.8. The third-order valence-corrected chi connectivity index (χ3v) is 2.67. The maximum absolute atomic E-state index is 13.9. The third-order valence-electron chi connectivity index (χ3n) is 2.67. The zero-order chi connectivity index (χ0) is 14.2. The summed E-state index contributed by atoms with van der Waals surface area (Å²) in [7, 11) is 0. The number of benzene rings is 1. The highest BCUT2D eigenvalue weighted by Crippen LogP contribution is 2.25. The molecule has 19 heavy (non-hydrogen) atoms. The van der Waals surface area contributed by atoms with E-state index in [0.717, 1.165) is 0 Å². The van der Waals surface area contributed by atoms with Crippen LogP contribution < -0.4 is 0 Å².